The summed E-state index contributed by atoms with van der Waals surface area (Å²) in [4.78, 5) is 6.33. The molecule has 0 saturated carbocycles. The molecule has 0 aliphatic carbocycles. The summed E-state index contributed by atoms with van der Waals surface area (Å²) in [7, 11) is 0. The fourth-order valence-electron chi connectivity index (χ4n) is 1.51. The van der Waals surface area contributed by atoms with Crippen LogP contribution in [0.4, 0.5) is 0 Å². The van der Waals surface area contributed by atoms with Gasteiger partial charge < -0.3 is 0 Å². The smallest absolute Gasteiger partial charge is 0.129 e. The minimum absolute atomic E-state index is 0.00657. The Morgan fingerprint density at radius 1 is 1.47 bits per heavy atom. The third kappa shape index (κ3) is 4.51. The molecule has 1 aromatic heterocycles. The van der Waals surface area contributed by atoms with Crippen molar-refractivity contribution >= 4 is 23.2 Å². The van der Waals surface area contributed by atoms with Crippen molar-refractivity contribution < 1.29 is 0 Å². The molecule has 5 heteroatoms. The number of nitrogens with zero attached hydrogens (tertiary/aromatic N) is 3. The monoisotopic (exact) mass is 271 g/mol. The highest BCUT2D eigenvalue weighted by Gasteiger charge is 2.11. The topological polar surface area (TPSA) is 39.9 Å². The molecule has 0 aliphatic rings. The zero-order valence-electron chi connectivity index (χ0n) is 9.95. The Kier molecular flexibility index (Phi) is 5.70. The number of halogens is 2. The maximum atomic E-state index is 8.80. The largest absolute Gasteiger partial charge is 0.296 e. The van der Waals surface area contributed by atoms with Crippen molar-refractivity contribution in [1.82, 2.24) is 9.88 Å². The summed E-state index contributed by atoms with van der Waals surface area (Å²) in [6.45, 7) is 6.11. The van der Waals surface area contributed by atoms with Crippen LogP contribution in [-0.4, -0.2) is 23.0 Å². The maximum Gasteiger partial charge on any atom is 0.129 e. The number of aromatic nitrogens is 1. The van der Waals surface area contributed by atoms with E-state index in [1.165, 1.54) is 0 Å². The summed E-state index contributed by atoms with van der Waals surface area (Å²) < 4.78 is 0. The molecule has 0 radical (unpaired) electrons. The predicted octanol–water partition coefficient (Wildman–Crippen LogP) is 3.37. The Morgan fingerprint density at radius 2 is 2.18 bits per heavy atom. The van der Waals surface area contributed by atoms with Gasteiger partial charge in [0, 0.05) is 13.1 Å². The lowest BCUT2D eigenvalue weighted by molar-refractivity contribution is 0.257. The van der Waals surface area contributed by atoms with Gasteiger partial charge in [-0.1, -0.05) is 30.1 Å². The van der Waals surface area contributed by atoms with Gasteiger partial charge in [-0.25, -0.2) is 4.98 Å². The van der Waals surface area contributed by atoms with Gasteiger partial charge in [-0.15, -0.1) is 0 Å². The average molecular weight is 272 g/mol. The fraction of sp³-hybridized carbons (Fsp3) is 0.500. The van der Waals surface area contributed by atoms with Crippen LogP contribution in [0.5, 0.6) is 0 Å². The molecule has 1 heterocycles. The molecule has 0 fully saturated rings. The van der Waals surface area contributed by atoms with Crippen LogP contribution >= 0.6 is 23.2 Å². The first-order valence-corrected chi connectivity index (χ1v) is 6.25. The van der Waals surface area contributed by atoms with E-state index in [-0.39, 0.29) is 5.92 Å². The number of rotatable bonds is 5. The second-order valence-corrected chi connectivity index (χ2v) is 4.71. The molecule has 92 valence electrons. The summed E-state index contributed by atoms with van der Waals surface area (Å²) in [5, 5.41) is 9.85. The van der Waals surface area contributed by atoms with Crippen molar-refractivity contribution in [2.45, 2.75) is 20.4 Å². The maximum absolute atomic E-state index is 8.80. The van der Waals surface area contributed by atoms with E-state index >= 15 is 0 Å². The summed E-state index contributed by atoms with van der Waals surface area (Å²) in [5.74, 6) is -0.00657. The van der Waals surface area contributed by atoms with E-state index in [2.05, 4.69) is 16.0 Å². The average Bonchev–Trinajstić information content (AvgIpc) is 2.32. The van der Waals surface area contributed by atoms with Gasteiger partial charge in [0.1, 0.15) is 5.15 Å². The van der Waals surface area contributed by atoms with Gasteiger partial charge in [0.2, 0.25) is 0 Å². The van der Waals surface area contributed by atoms with E-state index in [1.807, 2.05) is 13.8 Å². The third-order valence-electron chi connectivity index (χ3n) is 2.46. The molecular weight excluding hydrogens is 257 g/mol. The highest BCUT2D eigenvalue weighted by atomic mass is 35.5. The zero-order chi connectivity index (χ0) is 12.8. The molecule has 0 aromatic carbocycles. The Hall–Kier alpha value is -0.820. The second-order valence-electron chi connectivity index (χ2n) is 3.92. The SMILES string of the molecule is CCN(Cc1nc(Cl)ccc1Cl)CC(C)C#N. The van der Waals surface area contributed by atoms with Crippen molar-refractivity contribution in [3.8, 4) is 6.07 Å². The molecule has 0 aliphatic heterocycles. The van der Waals surface area contributed by atoms with E-state index in [4.69, 9.17) is 28.5 Å². The first kappa shape index (κ1) is 14.2. The van der Waals surface area contributed by atoms with Crippen molar-refractivity contribution in [3.63, 3.8) is 0 Å². The van der Waals surface area contributed by atoms with Crippen LogP contribution in [0.15, 0.2) is 12.1 Å². The molecule has 0 saturated heterocycles. The van der Waals surface area contributed by atoms with Crippen LogP contribution in [-0.2, 0) is 6.54 Å². The highest BCUT2D eigenvalue weighted by molar-refractivity contribution is 6.32. The summed E-state index contributed by atoms with van der Waals surface area (Å²) in [6, 6.07) is 5.63. The second kappa shape index (κ2) is 6.80. The summed E-state index contributed by atoms with van der Waals surface area (Å²) in [5.41, 5.74) is 0.756. The molecule has 1 unspecified atom stereocenters. The summed E-state index contributed by atoms with van der Waals surface area (Å²) >= 11 is 11.9. The van der Waals surface area contributed by atoms with Gasteiger partial charge >= 0.3 is 0 Å². The van der Waals surface area contributed by atoms with Crippen LogP contribution in [0.3, 0.4) is 0 Å². The molecule has 1 rings (SSSR count). The van der Waals surface area contributed by atoms with Gasteiger partial charge in [0.25, 0.3) is 0 Å². The number of nitriles is 1. The fourth-order valence-corrected chi connectivity index (χ4v) is 1.84. The zero-order valence-corrected chi connectivity index (χ0v) is 11.5. The van der Waals surface area contributed by atoms with Gasteiger partial charge in [0.05, 0.1) is 22.7 Å². The lowest BCUT2D eigenvalue weighted by atomic mass is 10.2. The van der Waals surface area contributed by atoms with Gasteiger partial charge in [0.15, 0.2) is 0 Å². The molecule has 0 bridgehead atoms. The molecule has 1 atom stereocenters. The minimum atomic E-state index is -0.00657. The van der Waals surface area contributed by atoms with Crippen LogP contribution in [0.2, 0.25) is 10.2 Å². The van der Waals surface area contributed by atoms with E-state index in [0.29, 0.717) is 23.3 Å². The van der Waals surface area contributed by atoms with Crippen LogP contribution < -0.4 is 0 Å². The van der Waals surface area contributed by atoms with Gasteiger partial charge in [-0.05, 0) is 25.6 Å². The summed E-state index contributed by atoms with van der Waals surface area (Å²) in [6.07, 6.45) is 0. The third-order valence-corrected chi connectivity index (χ3v) is 3.01. The molecule has 0 spiro atoms. The normalized spacial score (nSPS) is 12.5. The Morgan fingerprint density at radius 3 is 2.76 bits per heavy atom. The van der Waals surface area contributed by atoms with E-state index < -0.39 is 0 Å². The molecule has 1 aromatic rings. The van der Waals surface area contributed by atoms with Gasteiger partial charge in [-0.2, -0.15) is 5.26 Å². The van der Waals surface area contributed by atoms with Crippen LogP contribution in [0.25, 0.3) is 0 Å². The van der Waals surface area contributed by atoms with E-state index in [1.54, 1.807) is 12.1 Å². The number of hydrogen-bond acceptors (Lipinski definition) is 3. The van der Waals surface area contributed by atoms with Crippen LogP contribution in [0.1, 0.15) is 19.5 Å². The van der Waals surface area contributed by atoms with E-state index in [9.17, 15) is 0 Å². The lowest BCUT2D eigenvalue weighted by Crippen LogP contribution is -2.28. The Bertz CT molecular complexity index is 415. The number of hydrogen-bond donors (Lipinski definition) is 0. The molecular formula is C12H15Cl2N3. The molecule has 17 heavy (non-hydrogen) atoms. The standard InChI is InChI=1S/C12H15Cl2N3/c1-3-17(7-9(2)6-15)8-11-10(13)4-5-12(14)16-11/h4-5,9H,3,7-8H2,1-2H3. The van der Waals surface area contributed by atoms with Crippen molar-refractivity contribution in [2.24, 2.45) is 5.92 Å². The number of pyridine rings is 1. The first-order chi connectivity index (χ1) is 8.06. The van der Waals surface area contributed by atoms with Gasteiger partial charge in [-0.3, -0.25) is 4.90 Å². The van der Waals surface area contributed by atoms with E-state index in [0.717, 1.165) is 12.2 Å². The first-order valence-electron chi connectivity index (χ1n) is 5.49. The lowest BCUT2D eigenvalue weighted by Gasteiger charge is -2.21. The molecule has 0 amide bonds. The Labute approximate surface area is 112 Å². The molecule has 0 N–H and O–H groups in total. The van der Waals surface area contributed by atoms with Crippen LogP contribution in [0, 0.1) is 17.2 Å². The quantitative estimate of drug-likeness (QED) is 0.771. The highest BCUT2D eigenvalue weighted by Crippen LogP contribution is 2.18. The Balaban J connectivity index is 2.74. The minimum Gasteiger partial charge on any atom is -0.296 e. The van der Waals surface area contributed by atoms with Crippen molar-refractivity contribution in [3.05, 3.63) is 28.0 Å². The van der Waals surface area contributed by atoms with Crippen molar-refractivity contribution in [1.29, 1.82) is 5.26 Å². The predicted molar refractivity (Wildman–Crippen MR) is 70.0 cm³/mol. The molecule has 3 nitrogen and oxygen atoms in total. The van der Waals surface area contributed by atoms with Crippen molar-refractivity contribution in [2.75, 3.05) is 13.1 Å².